The van der Waals surface area contributed by atoms with Gasteiger partial charge in [0.15, 0.2) is 0 Å². The molecule has 3 aliphatic carbocycles. The van der Waals surface area contributed by atoms with Crippen LogP contribution < -0.4 is 4.90 Å². The molecule has 1 saturated heterocycles. The SMILES string of the molecule is O=C(C1CC1)N1CCN(c2nc(C3CC3)nc3sc4c(c23)CCCC4)CC1. The van der Waals surface area contributed by atoms with Crippen LogP contribution in [0.4, 0.5) is 5.82 Å². The Balaban J connectivity index is 1.35. The zero-order chi connectivity index (χ0) is 18.0. The monoisotopic (exact) mass is 382 g/mol. The van der Waals surface area contributed by atoms with Crippen molar-refractivity contribution in [3.05, 3.63) is 16.3 Å². The Hall–Kier alpha value is -1.69. The Kier molecular flexibility index (Phi) is 3.71. The number of amides is 1. The summed E-state index contributed by atoms with van der Waals surface area (Å²) in [5.41, 5.74) is 1.52. The van der Waals surface area contributed by atoms with E-state index < -0.39 is 0 Å². The molecule has 5 nitrogen and oxygen atoms in total. The van der Waals surface area contributed by atoms with Crippen molar-refractivity contribution in [1.29, 1.82) is 0 Å². The zero-order valence-corrected chi connectivity index (χ0v) is 16.6. The molecule has 2 aromatic heterocycles. The van der Waals surface area contributed by atoms with Gasteiger partial charge in [-0.1, -0.05) is 0 Å². The predicted octanol–water partition coefficient (Wildman–Crippen LogP) is 3.51. The third kappa shape index (κ3) is 2.84. The van der Waals surface area contributed by atoms with Crippen LogP contribution in [0, 0.1) is 5.92 Å². The normalized spacial score (nSPS) is 23.0. The fraction of sp³-hybridized carbons (Fsp3) is 0.667. The highest BCUT2D eigenvalue weighted by molar-refractivity contribution is 7.19. The average Bonchev–Trinajstić information content (AvgIpc) is 3.62. The van der Waals surface area contributed by atoms with Crippen molar-refractivity contribution in [1.82, 2.24) is 14.9 Å². The summed E-state index contributed by atoms with van der Waals surface area (Å²) in [7, 11) is 0. The number of hydrogen-bond donors (Lipinski definition) is 0. The van der Waals surface area contributed by atoms with Gasteiger partial charge in [0.2, 0.25) is 5.91 Å². The number of nitrogens with zero attached hydrogens (tertiary/aromatic N) is 4. The van der Waals surface area contributed by atoms with Crippen LogP contribution in [0.15, 0.2) is 0 Å². The minimum absolute atomic E-state index is 0.327. The molecule has 0 aromatic carbocycles. The van der Waals surface area contributed by atoms with Gasteiger partial charge in [0.25, 0.3) is 0 Å². The Bertz CT molecular complexity index is 907. The number of hydrogen-bond acceptors (Lipinski definition) is 5. The first-order valence-corrected chi connectivity index (χ1v) is 11.5. The molecule has 0 radical (unpaired) electrons. The van der Waals surface area contributed by atoms with Gasteiger partial charge in [0.05, 0.1) is 5.39 Å². The average molecular weight is 383 g/mol. The van der Waals surface area contributed by atoms with Gasteiger partial charge < -0.3 is 9.80 Å². The number of rotatable bonds is 3. The Morgan fingerprint density at radius 3 is 2.48 bits per heavy atom. The van der Waals surface area contributed by atoms with E-state index in [4.69, 9.17) is 9.97 Å². The fourth-order valence-corrected chi connectivity index (χ4v) is 5.90. The van der Waals surface area contributed by atoms with Gasteiger partial charge in [-0.3, -0.25) is 4.79 Å². The quantitative estimate of drug-likeness (QED) is 0.815. The van der Waals surface area contributed by atoms with Crippen LogP contribution in [-0.4, -0.2) is 47.0 Å². The summed E-state index contributed by atoms with van der Waals surface area (Å²) in [6.07, 6.45) is 9.63. The molecule has 2 saturated carbocycles. The van der Waals surface area contributed by atoms with Crippen molar-refractivity contribution in [3.63, 3.8) is 0 Å². The van der Waals surface area contributed by atoms with E-state index in [1.165, 1.54) is 60.1 Å². The Morgan fingerprint density at radius 2 is 1.74 bits per heavy atom. The number of aromatic nitrogens is 2. The molecule has 0 bridgehead atoms. The molecule has 3 heterocycles. The third-order valence-corrected chi connectivity index (χ3v) is 7.76. The summed E-state index contributed by atoms with van der Waals surface area (Å²) in [6, 6.07) is 0. The second-order valence-corrected chi connectivity index (χ2v) is 9.74. The van der Waals surface area contributed by atoms with Gasteiger partial charge >= 0.3 is 0 Å². The summed E-state index contributed by atoms with van der Waals surface area (Å²) >= 11 is 1.91. The third-order valence-electron chi connectivity index (χ3n) is 6.57. The zero-order valence-electron chi connectivity index (χ0n) is 15.7. The Labute approximate surface area is 163 Å². The summed E-state index contributed by atoms with van der Waals surface area (Å²) in [4.78, 5) is 29.8. The predicted molar refractivity (Wildman–Crippen MR) is 108 cm³/mol. The van der Waals surface area contributed by atoms with Crippen LogP contribution in [0.3, 0.4) is 0 Å². The lowest BCUT2D eigenvalue weighted by molar-refractivity contribution is -0.132. The van der Waals surface area contributed by atoms with Crippen molar-refractivity contribution in [3.8, 4) is 0 Å². The Morgan fingerprint density at radius 1 is 0.963 bits per heavy atom. The minimum Gasteiger partial charge on any atom is -0.352 e. The maximum atomic E-state index is 12.4. The van der Waals surface area contributed by atoms with Crippen LogP contribution in [-0.2, 0) is 17.6 Å². The first kappa shape index (κ1) is 16.3. The lowest BCUT2D eigenvalue weighted by Gasteiger charge is -2.36. The lowest BCUT2D eigenvalue weighted by Crippen LogP contribution is -2.49. The summed E-state index contributed by atoms with van der Waals surface area (Å²) in [5, 5.41) is 1.33. The van der Waals surface area contributed by atoms with Crippen LogP contribution in [0.2, 0.25) is 0 Å². The van der Waals surface area contributed by atoms with Crippen molar-refractivity contribution >= 4 is 33.3 Å². The van der Waals surface area contributed by atoms with Crippen LogP contribution in [0.25, 0.3) is 10.2 Å². The van der Waals surface area contributed by atoms with E-state index in [9.17, 15) is 4.79 Å². The van der Waals surface area contributed by atoms with Gasteiger partial charge in [0.1, 0.15) is 16.5 Å². The van der Waals surface area contributed by atoms with Gasteiger partial charge in [-0.2, -0.15) is 0 Å². The largest absolute Gasteiger partial charge is 0.352 e. The number of anilines is 1. The molecule has 0 N–H and O–H groups in total. The van der Waals surface area contributed by atoms with Crippen molar-refractivity contribution < 1.29 is 4.79 Å². The number of carbonyl (C=O) groups is 1. The summed E-state index contributed by atoms with van der Waals surface area (Å²) < 4.78 is 0. The van der Waals surface area contributed by atoms with Crippen molar-refractivity contribution in [2.75, 3.05) is 31.1 Å². The number of carbonyl (C=O) groups excluding carboxylic acids is 1. The molecule has 1 amide bonds. The maximum absolute atomic E-state index is 12.4. The molecular weight excluding hydrogens is 356 g/mol. The highest BCUT2D eigenvalue weighted by Gasteiger charge is 2.36. The van der Waals surface area contributed by atoms with Gasteiger partial charge in [-0.05, 0) is 56.9 Å². The van der Waals surface area contributed by atoms with E-state index in [0.717, 1.165) is 44.8 Å². The number of fused-ring (bicyclic) bond motifs is 3. The molecule has 0 spiro atoms. The second kappa shape index (κ2) is 6.16. The van der Waals surface area contributed by atoms with E-state index in [1.807, 2.05) is 11.3 Å². The molecule has 2 aromatic rings. The molecule has 0 unspecified atom stereocenters. The molecule has 3 fully saturated rings. The number of thiophene rings is 1. The van der Waals surface area contributed by atoms with Gasteiger partial charge in [-0.25, -0.2) is 9.97 Å². The molecule has 4 aliphatic rings. The lowest BCUT2D eigenvalue weighted by atomic mass is 9.97. The minimum atomic E-state index is 0.327. The highest BCUT2D eigenvalue weighted by Crippen LogP contribution is 2.44. The first-order valence-electron chi connectivity index (χ1n) is 10.6. The summed E-state index contributed by atoms with van der Waals surface area (Å²) in [6.45, 7) is 3.48. The van der Waals surface area contributed by atoms with Crippen LogP contribution in [0.5, 0.6) is 0 Å². The highest BCUT2D eigenvalue weighted by atomic mass is 32.1. The number of aryl methyl sites for hydroxylation is 2. The van der Waals surface area contributed by atoms with Gasteiger partial charge in [-0.15, -0.1) is 11.3 Å². The molecule has 0 atom stereocenters. The van der Waals surface area contributed by atoms with Crippen molar-refractivity contribution in [2.24, 2.45) is 5.92 Å². The van der Waals surface area contributed by atoms with E-state index in [1.54, 1.807) is 4.88 Å². The van der Waals surface area contributed by atoms with E-state index in [0.29, 0.717) is 17.7 Å². The summed E-state index contributed by atoms with van der Waals surface area (Å²) in [5.74, 6) is 3.51. The smallest absolute Gasteiger partial charge is 0.225 e. The molecular formula is C21H26N4OS. The molecule has 27 heavy (non-hydrogen) atoms. The molecule has 6 rings (SSSR count). The van der Waals surface area contributed by atoms with Crippen LogP contribution in [0.1, 0.15) is 60.7 Å². The van der Waals surface area contributed by atoms with Crippen LogP contribution >= 0.6 is 11.3 Å². The fourth-order valence-electron chi connectivity index (χ4n) is 4.63. The van der Waals surface area contributed by atoms with E-state index in [-0.39, 0.29) is 0 Å². The van der Waals surface area contributed by atoms with E-state index >= 15 is 0 Å². The molecule has 6 heteroatoms. The van der Waals surface area contributed by atoms with Crippen molar-refractivity contribution in [2.45, 2.75) is 57.3 Å². The maximum Gasteiger partial charge on any atom is 0.225 e. The molecule has 1 aliphatic heterocycles. The second-order valence-electron chi connectivity index (χ2n) is 8.66. The molecule has 142 valence electrons. The van der Waals surface area contributed by atoms with Gasteiger partial charge in [0, 0.05) is 42.9 Å². The standard InChI is InChI=1S/C21H26N4OS/c26-21(14-7-8-14)25-11-9-24(10-12-25)19-17-15-3-1-2-4-16(15)27-20(17)23-18(22-19)13-5-6-13/h13-14H,1-12H2. The number of piperazine rings is 1. The van der Waals surface area contributed by atoms with E-state index in [2.05, 4.69) is 9.80 Å². The first-order chi connectivity index (χ1) is 13.3. The topological polar surface area (TPSA) is 49.3 Å².